The molecule has 0 bridgehead atoms. The smallest absolute Gasteiger partial charge is 0.248 e. The molecule has 1 amide bonds. The number of carbonyl (C=O) groups is 1. The second-order valence-electron chi connectivity index (χ2n) is 5.79. The van der Waals surface area contributed by atoms with E-state index < -0.39 is 0 Å². The van der Waals surface area contributed by atoms with Crippen LogP contribution in [0.25, 0.3) is 6.08 Å². The number of nitrogens with one attached hydrogen (secondary N) is 1. The van der Waals surface area contributed by atoms with E-state index in [4.69, 9.17) is 9.47 Å². The molecule has 126 valence electrons. The molecule has 3 rings (SSSR count). The number of anilines is 1. The van der Waals surface area contributed by atoms with Crippen LogP contribution in [0.4, 0.5) is 5.69 Å². The molecule has 0 saturated carbocycles. The number of ether oxygens (including phenoxy) is 2. The Bertz CT molecular complexity index is 779. The number of hydrogen-bond acceptors (Lipinski definition) is 4. The Balaban J connectivity index is 1.77. The molecule has 0 aliphatic carbocycles. The molecule has 1 N–H and O–H groups in total. The molecule has 0 spiro atoms. The summed E-state index contributed by atoms with van der Waals surface area (Å²) < 4.78 is 11.4. The molecule has 2 aromatic rings. The van der Waals surface area contributed by atoms with Gasteiger partial charge in [0.1, 0.15) is 17.6 Å². The Morgan fingerprint density at radius 1 is 1.46 bits per heavy atom. The van der Waals surface area contributed by atoms with E-state index in [0.717, 1.165) is 22.6 Å². The van der Waals surface area contributed by atoms with E-state index in [1.807, 2.05) is 51.1 Å². The summed E-state index contributed by atoms with van der Waals surface area (Å²) in [5.74, 6) is 1.31. The molecule has 2 heterocycles. The number of amides is 1. The summed E-state index contributed by atoms with van der Waals surface area (Å²) in [7, 11) is 0. The summed E-state index contributed by atoms with van der Waals surface area (Å²) in [6.45, 7) is 6.55. The lowest BCUT2D eigenvalue weighted by molar-refractivity contribution is -0.111. The molecule has 1 unspecified atom stereocenters. The first-order valence-corrected chi connectivity index (χ1v) is 8.88. The minimum absolute atomic E-state index is 0.155. The Hall–Kier alpha value is -2.27. The molecule has 0 fully saturated rings. The lowest BCUT2D eigenvalue weighted by Crippen LogP contribution is -2.09. The fraction of sp³-hybridized carbons (Fsp3) is 0.316. The van der Waals surface area contributed by atoms with Crippen molar-refractivity contribution in [2.24, 2.45) is 0 Å². The second-order valence-corrected chi connectivity index (χ2v) is 7.11. The van der Waals surface area contributed by atoms with Gasteiger partial charge in [0.05, 0.1) is 12.3 Å². The monoisotopic (exact) mass is 343 g/mol. The molecule has 4 nitrogen and oxygen atoms in total. The van der Waals surface area contributed by atoms with E-state index in [0.29, 0.717) is 18.0 Å². The van der Waals surface area contributed by atoms with Crippen LogP contribution in [0.3, 0.4) is 0 Å². The van der Waals surface area contributed by atoms with Gasteiger partial charge in [-0.3, -0.25) is 4.79 Å². The summed E-state index contributed by atoms with van der Waals surface area (Å²) in [5.41, 5.74) is 1.76. The van der Waals surface area contributed by atoms with Crippen LogP contribution in [-0.2, 0) is 11.2 Å². The summed E-state index contributed by atoms with van der Waals surface area (Å²) in [5, 5.41) is 2.89. The molecular weight excluding hydrogens is 322 g/mol. The van der Waals surface area contributed by atoms with Gasteiger partial charge in [-0.15, -0.1) is 11.3 Å². The normalized spacial score (nSPS) is 16.0. The molecule has 1 aliphatic rings. The van der Waals surface area contributed by atoms with Gasteiger partial charge in [-0.05, 0) is 45.0 Å². The zero-order valence-corrected chi connectivity index (χ0v) is 14.9. The average molecular weight is 343 g/mol. The van der Waals surface area contributed by atoms with Crippen LogP contribution in [-0.4, -0.2) is 18.6 Å². The summed E-state index contributed by atoms with van der Waals surface area (Å²) in [6.07, 6.45) is 4.38. The molecule has 1 aliphatic heterocycles. The molecule has 0 radical (unpaired) electrons. The topological polar surface area (TPSA) is 47.6 Å². The van der Waals surface area contributed by atoms with E-state index >= 15 is 0 Å². The Labute approximate surface area is 146 Å². The number of carbonyl (C=O) groups excluding carboxylic acids is 1. The highest BCUT2D eigenvalue weighted by Crippen LogP contribution is 2.38. The first-order valence-electron chi connectivity index (χ1n) is 8.07. The third-order valence-corrected chi connectivity index (χ3v) is 4.68. The Morgan fingerprint density at radius 3 is 3.00 bits per heavy atom. The van der Waals surface area contributed by atoms with Crippen molar-refractivity contribution in [1.82, 2.24) is 0 Å². The second kappa shape index (κ2) is 7.09. The van der Waals surface area contributed by atoms with Crippen molar-refractivity contribution in [3.8, 4) is 11.5 Å². The van der Waals surface area contributed by atoms with Crippen molar-refractivity contribution in [1.29, 1.82) is 0 Å². The van der Waals surface area contributed by atoms with Gasteiger partial charge in [-0.2, -0.15) is 0 Å². The molecule has 0 saturated heterocycles. The van der Waals surface area contributed by atoms with Gasteiger partial charge in [0, 0.05) is 33.9 Å². The van der Waals surface area contributed by atoms with Crippen LogP contribution >= 0.6 is 11.3 Å². The van der Waals surface area contributed by atoms with Crippen molar-refractivity contribution < 1.29 is 14.3 Å². The van der Waals surface area contributed by atoms with Crippen molar-refractivity contribution in [2.45, 2.75) is 33.3 Å². The number of fused-ring (bicyclic) bond motifs is 1. The number of aryl methyl sites for hydroxylation is 1. The van der Waals surface area contributed by atoms with E-state index in [2.05, 4.69) is 5.32 Å². The van der Waals surface area contributed by atoms with E-state index in [9.17, 15) is 4.79 Å². The van der Waals surface area contributed by atoms with Gasteiger partial charge in [0.2, 0.25) is 5.91 Å². The van der Waals surface area contributed by atoms with Crippen LogP contribution in [0.2, 0.25) is 0 Å². The van der Waals surface area contributed by atoms with E-state index in [1.54, 1.807) is 11.3 Å². The first-order chi connectivity index (χ1) is 11.5. The number of benzene rings is 1. The van der Waals surface area contributed by atoms with Gasteiger partial charge >= 0.3 is 0 Å². The highest BCUT2D eigenvalue weighted by atomic mass is 32.1. The van der Waals surface area contributed by atoms with Gasteiger partial charge in [-0.1, -0.05) is 0 Å². The summed E-state index contributed by atoms with van der Waals surface area (Å²) in [6, 6.07) is 7.85. The lowest BCUT2D eigenvalue weighted by atomic mass is 10.1. The minimum Gasteiger partial charge on any atom is -0.492 e. The molecule has 24 heavy (non-hydrogen) atoms. The third-order valence-electron chi connectivity index (χ3n) is 3.72. The van der Waals surface area contributed by atoms with Gasteiger partial charge in [0.15, 0.2) is 0 Å². The Kier molecular flexibility index (Phi) is 4.90. The molecule has 1 atom stereocenters. The highest BCUT2D eigenvalue weighted by molar-refractivity contribution is 7.12. The van der Waals surface area contributed by atoms with Crippen LogP contribution in [0.5, 0.6) is 11.5 Å². The van der Waals surface area contributed by atoms with E-state index in [-0.39, 0.29) is 12.0 Å². The quantitative estimate of drug-likeness (QED) is 0.817. The van der Waals surface area contributed by atoms with Crippen molar-refractivity contribution in [3.05, 3.63) is 45.7 Å². The third kappa shape index (κ3) is 3.79. The lowest BCUT2D eigenvalue weighted by Gasteiger charge is -2.12. The largest absolute Gasteiger partial charge is 0.492 e. The van der Waals surface area contributed by atoms with Crippen LogP contribution in [0, 0.1) is 6.92 Å². The zero-order valence-electron chi connectivity index (χ0n) is 14.1. The van der Waals surface area contributed by atoms with Gasteiger partial charge in [-0.25, -0.2) is 0 Å². The number of hydrogen-bond donors (Lipinski definition) is 1. The predicted octanol–water partition coefficient (Wildman–Crippen LogP) is 4.43. The SMILES string of the molecule is CCOc1cc2c(cc1NC(=O)C=Cc1ccc(C)s1)OC(C)C2. The number of thiophene rings is 1. The van der Waals surface area contributed by atoms with Gasteiger partial charge < -0.3 is 14.8 Å². The van der Waals surface area contributed by atoms with E-state index in [1.165, 1.54) is 11.0 Å². The molecule has 1 aromatic carbocycles. The minimum atomic E-state index is -0.187. The van der Waals surface area contributed by atoms with Crippen molar-refractivity contribution in [2.75, 3.05) is 11.9 Å². The summed E-state index contributed by atoms with van der Waals surface area (Å²) >= 11 is 1.65. The van der Waals surface area contributed by atoms with Crippen molar-refractivity contribution in [3.63, 3.8) is 0 Å². The maximum Gasteiger partial charge on any atom is 0.248 e. The average Bonchev–Trinajstić information content (AvgIpc) is 3.10. The fourth-order valence-electron chi connectivity index (χ4n) is 2.69. The maximum absolute atomic E-state index is 12.2. The van der Waals surface area contributed by atoms with Crippen LogP contribution in [0.1, 0.15) is 29.2 Å². The highest BCUT2D eigenvalue weighted by Gasteiger charge is 2.22. The zero-order chi connectivity index (χ0) is 17.1. The van der Waals surface area contributed by atoms with Crippen molar-refractivity contribution >= 4 is 29.0 Å². The maximum atomic E-state index is 12.2. The molecule has 5 heteroatoms. The first kappa shape index (κ1) is 16.6. The molecular formula is C19H21NO3S. The predicted molar refractivity (Wildman–Crippen MR) is 98.1 cm³/mol. The Morgan fingerprint density at radius 2 is 2.29 bits per heavy atom. The van der Waals surface area contributed by atoms with Crippen LogP contribution < -0.4 is 14.8 Å². The van der Waals surface area contributed by atoms with Crippen LogP contribution in [0.15, 0.2) is 30.3 Å². The summed E-state index contributed by atoms with van der Waals surface area (Å²) in [4.78, 5) is 14.5. The molecule has 1 aromatic heterocycles. The van der Waals surface area contributed by atoms with Gasteiger partial charge in [0.25, 0.3) is 0 Å². The number of rotatable bonds is 5. The fourth-order valence-corrected chi connectivity index (χ4v) is 3.47. The standard InChI is InChI=1S/C19H21NO3S/c1-4-22-18-10-14-9-12(2)23-17(14)11-16(18)20-19(21)8-7-15-6-5-13(3)24-15/h5-8,10-12H,4,9H2,1-3H3,(H,20,21).